The van der Waals surface area contributed by atoms with Crippen molar-refractivity contribution in [1.82, 2.24) is 14.6 Å². The predicted molar refractivity (Wildman–Crippen MR) is 96.8 cm³/mol. The van der Waals surface area contributed by atoms with E-state index in [2.05, 4.69) is 16.1 Å². The van der Waals surface area contributed by atoms with Crippen molar-refractivity contribution in [3.05, 3.63) is 52.1 Å². The van der Waals surface area contributed by atoms with Crippen LogP contribution in [-0.2, 0) is 0 Å². The Bertz CT molecular complexity index is 1020. The Morgan fingerprint density at radius 1 is 1.16 bits per heavy atom. The zero-order valence-corrected chi connectivity index (χ0v) is 14.1. The lowest BCUT2D eigenvalue weighted by Gasteiger charge is -2.28. The first kappa shape index (κ1) is 15.5. The van der Waals surface area contributed by atoms with Crippen LogP contribution in [0, 0.1) is 18.3 Å². The topological polar surface area (TPSA) is 77.2 Å². The maximum absolute atomic E-state index is 13.1. The molecule has 1 fully saturated rings. The van der Waals surface area contributed by atoms with Gasteiger partial charge < -0.3 is 4.90 Å². The normalized spacial score (nSPS) is 14.6. The molecule has 1 aliphatic rings. The monoisotopic (exact) mass is 333 g/mol. The van der Waals surface area contributed by atoms with Crippen molar-refractivity contribution in [3.63, 3.8) is 0 Å². The van der Waals surface area contributed by atoms with E-state index in [9.17, 15) is 10.1 Å². The first-order valence-corrected chi connectivity index (χ1v) is 8.56. The molecule has 1 saturated heterocycles. The van der Waals surface area contributed by atoms with Gasteiger partial charge in [-0.3, -0.25) is 9.89 Å². The molecule has 126 valence electrons. The third kappa shape index (κ3) is 2.49. The van der Waals surface area contributed by atoms with Gasteiger partial charge in [-0.1, -0.05) is 30.3 Å². The van der Waals surface area contributed by atoms with Gasteiger partial charge in [-0.15, -0.1) is 0 Å². The van der Waals surface area contributed by atoms with Crippen molar-refractivity contribution in [2.24, 2.45) is 0 Å². The van der Waals surface area contributed by atoms with Gasteiger partial charge in [-0.2, -0.15) is 9.78 Å². The van der Waals surface area contributed by atoms with Gasteiger partial charge in [0.05, 0.1) is 11.3 Å². The number of hydrogen-bond acceptors (Lipinski definition) is 4. The fourth-order valence-electron chi connectivity index (χ4n) is 3.61. The summed E-state index contributed by atoms with van der Waals surface area (Å²) in [6.45, 7) is 3.63. The third-order valence-electron chi connectivity index (χ3n) is 4.78. The van der Waals surface area contributed by atoms with E-state index in [-0.39, 0.29) is 5.56 Å². The van der Waals surface area contributed by atoms with Crippen molar-refractivity contribution >= 4 is 11.3 Å². The van der Waals surface area contributed by atoms with Gasteiger partial charge in [-0.05, 0) is 31.7 Å². The highest BCUT2D eigenvalue weighted by Gasteiger charge is 2.23. The molecule has 1 N–H and O–H groups in total. The lowest BCUT2D eigenvalue weighted by atomic mass is 10.1. The number of piperidine rings is 1. The molecule has 0 atom stereocenters. The van der Waals surface area contributed by atoms with Crippen LogP contribution in [0.1, 0.15) is 30.7 Å². The van der Waals surface area contributed by atoms with Crippen LogP contribution >= 0.6 is 0 Å². The lowest BCUT2D eigenvalue weighted by molar-refractivity contribution is 0.573. The van der Waals surface area contributed by atoms with E-state index < -0.39 is 0 Å². The lowest BCUT2D eigenvalue weighted by Crippen LogP contribution is -2.36. The minimum absolute atomic E-state index is 0.136. The summed E-state index contributed by atoms with van der Waals surface area (Å²) in [5, 5.41) is 12.5. The maximum Gasteiger partial charge on any atom is 0.296 e. The van der Waals surface area contributed by atoms with E-state index in [0.717, 1.165) is 31.5 Å². The number of nitriles is 1. The summed E-state index contributed by atoms with van der Waals surface area (Å²) < 4.78 is 1.41. The average Bonchev–Trinajstić information content (AvgIpc) is 3.02. The van der Waals surface area contributed by atoms with Crippen LogP contribution in [-0.4, -0.2) is 27.7 Å². The molecular formula is C19H19N5O. The van der Waals surface area contributed by atoms with Crippen molar-refractivity contribution in [1.29, 1.82) is 5.26 Å². The zero-order chi connectivity index (χ0) is 17.4. The van der Waals surface area contributed by atoms with Crippen molar-refractivity contribution in [2.75, 3.05) is 18.0 Å². The fourth-order valence-corrected chi connectivity index (χ4v) is 3.61. The van der Waals surface area contributed by atoms with E-state index in [1.165, 1.54) is 10.9 Å². The summed E-state index contributed by atoms with van der Waals surface area (Å²) in [6, 6.07) is 11.7. The van der Waals surface area contributed by atoms with Gasteiger partial charge in [0.25, 0.3) is 5.56 Å². The standard InChI is InChI=1S/C19H19N5O/c1-13-17(23-10-6-3-7-11-23)19(25)24-18(21-13)16(15(12-20)22-24)14-8-4-2-5-9-14/h2,4-5,8-9,22H,3,6-7,10-11H2,1H3. The zero-order valence-electron chi connectivity index (χ0n) is 14.1. The summed E-state index contributed by atoms with van der Waals surface area (Å²) >= 11 is 0. The number of nitrogens with zero attached hydrogens (tertiary/aromatic N) is 4. The third-order valence-corrected chi connectivity index (χ3v) is 4.78. The number of H-pyrrole nitrogens is 1. The van der Waals surface area contributed by atoms with Crippen LogP contribution < -0.4 is 10.5 Å². The van der Waals surface area contributed by atoms with Crippen LogP contribution in [0.15, 0.2) is 35.1 Å². The molecule has 25 heavy (non-hydrogen) atoms. The number of benzene rings is 1. The second-order valence-corrected chi connectivity index (χ2v) is 6.40. The van der Waals surface area contributed by atoms with E-state index in [1.54, 1.807) is 0 Å². The molecule has 3 aromatic rings. The van der Waals surface area contributed by atoms with E-state index >= 15 is 0 Å². The summed E-state index contributed by atoms with van der Waals surface area (Å²) in [4.78, 5) is 19.9. The quantitative estimate of drug-likeness (QED) is 0.782. The molecule has 0 radical (unpaired) electrons. The van der Waals surface area contributed by atoms with Crippen molar-refractivity contribution in [3.8, 4) is 17.2 Å². The molecule has 6 nitrogen and oxygen atoms in total. The molecule has 1 aromatic carbocycles. The van der Waals surface area contributed by atoms with Crippen LogP contribution in [0.5, 0.6) is 0 Å². The number of aromatic nitrogens is 3. The summed E-state index contributed by atoms with van der Waals surface area (Å²) in [5.41, 5.74) is 3.62. The minimum atomic E-state index is -0.136. The summed E-state index contributed by atoms with van der Waals surface area (Å²) in [6.07, 6.45) is 3.38. The van der Waals surface area contributed by atoms with Crippen LogP contribution in [0.4, 0.5) is 5.69 Å². The molecule has 4 rings (SSSR count). The second-order valence-electron chi connectivity index (χ2n) is 6.40. The number of fused-ring (bicyclic) bond motifs is 1. The molecule has 1 aliphatic heterocycles. The number of aromatic amines is 1. The Balaban J connectivity index is 1.98. The molecule has 0 unspecified atom stereocenters. The molecule has 6 heteroatoms. The fraction of sp³-hybridized carbons (Fsp3) is 0.316. The smallest absolute Gasteiger partial charge is 0.296 e. The van der Waals surface area contributed by atoms with Gasteiger partial charge >= 0.3 is 0 Å². The average molecular weight is 333 g/mol. The highest BCUT2D eigenvalue weighted by atomic mass is 16.1. The van der Waals surface area contributed by atoms with Crippen molar-refractivity contribution in [2.45, 2.75) is 26.2 Å². The van der Waals surface area contributed by atoms with Gasteiger partial charge in [-0.25, -0.2) is 4.98 Å². The SMILES string of the molecule is Cc1nc2c(-c3ccccc3)c(C#N)[nH]n2c(=O)c1N1CCCCC1. The van der Waals surface area contributed by atoms with E-state index in [4.69, 9.17) is 4.98 Å². The summed E-state index contributed by atoms with van der Waals surface area (Å²) in [5.74, 6) is 0. The predicted octanol–water partition coefficient (Wildman–Crippen LogP) is 2.86. The van der Waals surface area contributed by atoms with Crippen LogP contribution in [0.3, 0.4) is 0 Å². The summed E-state index contributed by atoms with van der Waals surface area (Å²) in [7, 11) is 0. The first-order valence-electron chi connectivity index (χ1n) is 8.56. The van der Waals surface area contributed by atoms with Gasteiger partial charge in [0, 0.05) is 13.1 Å². The Kier molecular flexibility index (Phi) is 3.77. The maximum atomic E-state index is 13.1. The van der Waals surface area contributed by atoms with Gasteiger partial charge in [0.1, 0.15) is 17.5 Å². The first-order chi connectivity index (χ1) is 12.2. The molecule has 0 spiro atoms. The molecule has 0 amide bonds. The van der Waals surface area contributed by atoms with Crippen LogP contribution in [0.25, 0.3) is 16.8 Å². The van der Waals surface area contributed by atoms with Crippen molar-refractivity contribution < 1.29 is 0 Å². The molecule has 2 aromatic heterocycles. The Labute approximate surface area is 145 Å². The highest BCUT2D eigenvalue weighted by Crippen LogP contribution is 2.28. The van der Waals surface area contributed by atoms with Crippen LogP contribution in [0.2, 0.25) is 0 Å². The molecule has 0 aliphatic carbocycles. The highest BCUT2D eigenvalue weighted by molar-refractivity contribution is 5.82. The Morgan fingerprint density at radius 3 is 2.56 bits per heavy atom. The number of hydrogen-bond donors (Lipinski definition) is 1. The number of anilines is 1. The largest absolute Gasteiger partial charge is 0.366 e. The minimum Gasteiger partial charge on any atom is -0.366 e. The van der Waals surface area contributed by atoms with Gasteiger partial charge in [0.2, 0.25) is 0 Å². The second kappa shape index (κ2) is 6.10. The molecular weight excluding hydrogens is 314 g/mol. The Morgan fingerprint density at radius 2 is 1.88 bits per heavy atom. The number of nitrogens with one attached hydrogen (secondary N) is 1. The van der Waals surface area contributed by atoms with E-state index in [0.29, 0.717) is 28.3 Å². The molecule has 3 heterocycles. The van der Waals surface area contributed by atoms with E-state index in [1.807, 2.05) is 37.3 Å². The number of aryl methyl sites for hydroxylation is 1. The van der Waals surface area contributed by atoms with Gasteiger partial charge in [0.15, 0.2) is 5.65 Å². The Hall–Kier alpha value is -3.07. The molecule has 0 bridgehead atoms. The number of rotatable bonds is 2. The molecule has 0 saturated carbocycles.